The van der Waals surface area contributed by atoms with E-state index in [9.17, 15) is 8.78 Å². The summed E-state index contributed by atoms with van der Waals surface area (Å²) in [5.41, 5.74) is 0.178. The molecular formula is C16H24F2N2. The lowest BCUT2D eigenvalue weighted by Crippen LogP contribution is -2.45. The van der Waals surface area contributed by atoms with Crippen molar-refractivity contribution < 1.29 is 8.78 Å². The summed E-state index contributed by atoms with van der Waals surface area (Å²) in [5.74, 6) is -0.903. The first-order valence-electron chi connectivity index (χ1n) is 7.48. The molecular weight excluding hydrogens is 258 g/mol. The highest BCUT2D eigenvalue weighted by atomic mass is 19.1. The van der Waals surface area contributed by atoms with Crippen LogP contribution in [0.15, 0.2) is 18.2 Å². The number of hydrogen-bond donors (Lipinski definition) is 1. The minimum Gasteiger partial charge on any atom is -0.313 e. The van der Waals surface area contributed by atoms with Gasteiger partial charge in [-0.2, -0.15) is 0 Å². The minimum absolute atomic E-state index is 0.178. The largest absolute Gasteiger partial charge is 0.313 e. The van der Waals surface area contributed by atoms with Crippen molar-refractivity contribution in [2.75, 3.05) is 13.1 Å². The first kappa shape index (κ1) is 15.4. The molecule has 1 aliphatic heterocycles. The topological polar surface area (TPSA) is 15.3 Å². The van der Waals surface area contributed by atoms with Crippen LogP contribution in [0.5, 0.6) is 0 Å². The molecule has 1 fully saturated rings. The van der Waals surface area contributed by atoms with Gasteiger partial charge in [-0.15, -0.1) is 0 Å². The van der Waals surface area contributed by atoms with Gasteiger partial charge in [-0.1, -0.05) is 12.5 Å². The molecule has 1 saturated heterocycles. The zero-order valence-corrected chi connectivity index (χ0v) is 12.3. The van der Waals surface area contributed by atoms with Gasteiger partial charge in [0.1, 0.15) is 11.6 Å². The summed E-state index contributed by atoms with van der Waals surface area (Å²) in [6, 6.07) is 4.76. The molecule has 0 aliphatic carbocycles. The third-order valence-electron chi connectivity index (χ3n) is 4.02. The average molecular weight is 282 g/mol. The summed E-state index contributed by atoms with van der Waals surface area (Å²) in [7, 11) is 0. The molecule has 0 radical (unpaired) electrons. The van der Waals surface area contributed by atoms with Crippen LogP contribution < -0.4 is 5.32 Å². The first-order valence-corrected chi connectivity index (χ1v) is 7.48. The smallest absolute Gasteiger partial charge is 0.130 e. The Morgan fingerprint density at radius 3 is 2.50 bits per heavy atom. The zero-order chi connectivity index (χ0) is 14.5. The highest BCUT2D eigenvalue weighted by Crippen LogP contribution is 2.18. The molecule has 0 saturated carbocycles. The molecule has 0 amide bonds. The van der Waals surface area contributed by atoms with E-state index in [1.165, 1.54) is 31.0 Å². The van der Waals surface area contributed by atoms with Gasteiger partial charge in [-0.05, 0) is 45.4 Å². The van der Waals surface area contributed by atoms with Gasteiger partial charge in [0.05, 0.1) is 0 Å². The summed E-state index contributed by atoms with van der Waals surface area (Å²) < 4.78 is 27.5. The molecule has 0 spiro atoms. The Bertz CT molecular complexity index is 408. The Balaban J connectivity index is 2.05. The summed E-state index contributed by atoms with van der Waals surface area (Å²) in [6.07, 6.45) is 3.60. The average Bonchev–Trinajstić information content (AvgIpc) is 2.42. The van der Waals surface area contributed by atoms with Gasteiger partial charge < -0.3 is 5.32 Å². The van der Waals surface area contributed by atoms with Crippen LogP contribution in [0.3, 0.4) is 0 Å². The van der Waals surface area contributed by atoms with Gasteiger partial charge >= 0.3 is 0 Å². The number of rotatable bonds is 5. The van der Waals surface area contributed by atoms with E-state index in [1.807, 2.05) is 0 Å². The van der Waals surface area contributed by atoms with Crippen molar-refractivity contribution in [3.63, 3.8) is 0 Å². The van der Waals surface area contributed by atoms with Crippen LogP contribution in [0.2, 0.25) is 0 Å². The summed E-state index contributed by atoms with van der Waals surface area (Å²) in [4.78, 5) is 2.14. The standard InChI is InChI=1S/C16H24F2N2/c1-12(2)20(10-13-6-3-4-9-19-13)11-14-15(17)7-5-8-16(14)18/h5,7-8,12-13,19H,3-4,6,9-11H2,1-2H3. The van der Waals surface area contributed by atoms with E-state index >= 15 is 0 Å². The van der Waals surface area contributed by atoms with Gasteiger partial charge in [0.15, 0.2) is 0 Å². The molecule has 1 unspecified atom stereocenters. The molecule has 0 bridgehead atoms. The number of piperidine rings is 1. The van der Waals surface area contributed by atoms with Gasteiger partial charge in [0, 0.05) is 30.7 Å². The third-order valence-corrected chi connectivity index (χ3v) is 4.02. The van der Waals surface area contributed by atoms with Crippen LogP contribution in [-0.2, 0) is 6.54 Å². The maximum Gasteiger partial charge on any atom is 0.130 e. The first-order chi connectivity index (χ1) is 9.58. The number of halogens is 2. The molecule has 20 heavy (non-hydrogen) atoms. The summed E-state index contributed by atoms with van der Waals surface area (Å²) in [6.45, 7) is 6.35. The molecule has 2 rings (SSSR count). The van der Waals surface area contributed by atoms with Crippen molar-refractivity contribution in [1.82, 2.24) is 10.2 Å². The highest BCUT2D eigenvalue weighted by molar-refractivity contribution is 5.19. The monoisotopic (exact) mass is 282 g/mol. The second kappa shape index (κ2) is 7.14. The summed E-state index contributed by atoms with van der Waals surface area (Å²) >= 11 is 0. The van der Waals surface area contributed by atoms with Crippen molar-refractivity contribution >= 4 is 0 Å². The third kappa shape index (κ3) is 4.00. The fourth-order valence-electron chi connectivity index (χ4n) is 2.71. The normalized spacial score (nSPS) is 19.8. The quantitative estimate of drug-likeness (QED) is 0.891. The molecule has 2 nitrogen and oxygen atoms in total. The van der Waals surface area contributed by atoms with E-state index in [0.717, 1.165) is 19.5 Å². The lowest BCUT2D eigenvalue weighted by Gasteiger charge is -2.33. The van der Waals surface area contributed by atoms with Gasteiger partial charge in [-0.3, -0.25) is 4.90 Å². The molecule has 4 heteroatoms. The van der Waals surface area contributed by atoms with Crippen LogP contribution in [0.25, 0.3) is 0 Å². The van der Waals surface area contributed by atoms with E-state index in [4.69, 9.17) is 0 Å². The van der Waals surface area contributed by atoms with Gasteiger partial charge in [-0.25, -0.2) is 8.78 Å². The maximum absolute atomic E-state index is 13.8. The zero-order valence-electron chi connectivity index (χ0n) is 12.3. The Kier molecular flexibility index (Phi) is 5.49. The molecule has 112 valence electrons. The van der Waals surface area contributed by atoms with Crippen LogP contribution in [0.4, 0.5) is 8.78 Å². The lowest BCUT2D eigenvalue weighted by atomic mass is 10.0. The second-order valence-corrected chi connectivity index (χ2v) is 5.87. The molecule has 1 aromatic carbocycles. The molecule has 1 aromatic rings. The molecule has 0 aromatic heterocycles. The van der Waals surface area contributed by atoms with Crippen LogP contribution >= 0.6 is 0 Å². The van der Waals surface area contributed by atoms with E-state index < -0.39 is 11.6 Å². The predicted octanol–water partition coefficient (Wildman–Crippen LogP) is 3.32. The number of nitrogens with one attached hydrogen (secondary N) is 1. The summed E-state index contributed by atoms with van der Waals surface area (Å²) in [5, 5.41) is 3.49. The number of hydrogen-bond acceptors (Lipinski definition) is 2. The molecule has 1 aliphatic rings. The van der Waals surface area contributed by atoms with E-state index in [-0.39, 0.29) is 11.6 Å². The van der Waals surface area contributed by atoms with Crippen LogP contribution in [0, 0.1) is 11.6 Å². The van der Waals surface area contributed by atoms with Crippen molar-refractivity contribution in [2.24, 2.45) is 0 Å². The number of benzene rings is 1. The predicted molar refractivity (Wildman–Crippen MR) is 77.5 cm³/mol. The second-order valence-electron chi connectivity index (χ2n) is 5.87. The maximum atomic E-state index is 13.8. The Morgan fingerprint density at radius 2 is 1.95 bits per heavy atom. The van der Waals surface area contributed by atoms with Crippen LogP contribution in [-0.4, -0.2) is 30.1 Å². The van der Waals surface area contributed by atoms with E-state index in [2.05, 4.69) is 24.1 Å². The molecule has 1 N–H and O–H groups in total. The Hall–Kier alpha value is -1.00. The molecule has 1 heterocycles. The lowest BCUT2D eigenvalue weighted by molar-refractivity contribution is 0.173. The van der Waals surface area contributed by atoms with Gasteiger partial charge in [0.25, 0.3) is 0 Å². The Labute approximate surface area is 120 Å². The minimum atomic E-state index is -0.452. The fourth-order valence-corrected chi connectivity index (χ4v) is 2.71. The molecule has 1 atom stereocenters. The van der Waals surface area contributed by atoms with Crippen molar-refractivity contribution in [1.29, 1.82) is 0 Å². The van der Waals surface area contributed by atoms with Crippen molar-refractivity contribution in [3.8, 4) is 0 Å². The fraction of sp³-hybridized carbons (Fsp3) is 0.625. The number of nitrogens with zero attached hydrogens (tertiary/aromatic N) is 1. The van der Waals surface area contributed by atoms with Gasteiger partial charge in [0.2, 0.25) is 0 Å². The van der Waals surface area contributed by atoms with Crippen LogP contribution in [0.1, 0.15) is 38.7 Å². The van der Waals surface area contributed by atoms with E-state index in [0.29, 0.717) is 12.6 Å². The Morgan fingerprint density at radius 1 is 1.25 bits per heavy atom. The SMILES string of the molecule is CC(C)N(Cc1c(F)cccc1F)CC1CCCCN1. The highest BCUT2D eigenvalue weighted by Gasteiger charge is 2.21. The van der Waals surface area contributed by atoms with E-state index in [1.54, 1.807) is 0 Å². The van der Waals surface area contributed by atoms with Crippen molar-refractivity contribution in [2.45, 2.75) is 51.7 Å². The van der Waals surface area contributed by atoms with Crippen molar-refractivity contribution in [3.05, 3.63) is 35.4 Å².